The molecule has 0 aliphatic heterocycles. The summed E-state index contributed by atoms with van der Waals surface area (Å²) in [6.07, 6.45) is -0.889. The average Bonchev–Trinajstić information content (AvgIpc) is 3.18. The van der Waals surface area contributed by atoms with Crippen molar-refractivity contribution in [2.75, 3.05) is 6.61 Å². The molecule has 0 unspecified atom stereocenters. The van der Waals surface area contributed by atoms with Gasteiger partial charge in [0.2, 0.25) is 5.88 Å². The Labute approximate surface area is 163 Å². The van der Waals surface area contributed by atoms with Crippen LogP contribution in [0.1, 0.15) is 19.5 Å². The van der Waals surface area contributed by atoms with E-state index < -0.39 is 23.3 Å². The lowest BCUT2D eigenvalue weighted by atomic mass is 9.95. The molecule has 0 amide bonds. The van der Waals surface area contributed by atoms with Crippen molar-refractivity contribution >= 4 is 5.97 Å². The quantitative estimate of drug-likeness (QED) is 0.641. The molecule has 0 aliphatic rings. The van der Waals surface area contributed by atoms with E-state index in [4.69, 9.17) is 9.84 Å². The Morgan fingerprint density at radius 1 is 1.03 bits per heavy atom. The molecule has 2 aromatic heterocycles. The number of nitrogens with zero attached hydrogens (tertiary/aromatic N) is 3. The fourth-order valence-corrected chi connectivity index (χ4v) is 2.27. The van der Waals surface area contributed by atoms with Crippen molar-refractivity contribution in [2.45, 2.75) is 20.0 Å². The van der Waals surface area contributed by atoms with Crippen LogP contribution in [0.15, 0.2) is 42.9 Å². The number of halogens is 3. The van der Waals surface area contributed by atoms with Crippen LogP contribution in [0, 0.1) is 5.41 Å². The lowest BCUT2D eigenvalue weighted by molar-refractivity contribution is -0.148. The van der Waals surface area contributed by atoms with Gasteiger partial charge in [-0.3, -0.25) is 4.79 Å². The molecule has 2 heterocycles. The fraction of sp³-hybridized carbons (Fsp3) is 0.263. The van der Waals surface area contributed by atoms with E-state index in [1.165, 1.54) is 26.2 Å². The van der Waals surface area contributed by atoms with Gasteiger partial charge in [-0.1, -0.05) is 24.3 Å². The minimum atomic E-state index is -4.48. The average molecular weight is 406 g/mol. The minimum absolute atomic E-state index is 0.0614. The standard InChI is InChI=1S/C19H17F3N4O3/c1-18(2,17(27)28)10-29-15-9-23-13(7-24-15)11-3-5-12(6-4-11)16-25-8-14(26-16)19(20,21)22/h3-9H,10H2,1-2H3,(H,25,26)(H,27,28). The molecule has 0 fully saturated rings. The van der Waals surface area contributed by atoms with Gasteiger partial charge in [-0.25, -0.2) is 15.0 Å². The second kappa shape index (κ2) is 7.53. The first-order valence-corrected chi connectivity index (χ1v) is 8.47. The summed E-state index contributed by atoms with van der Waals surface area (Å²) in [5.41, 5.74) is -0.260. The SMILES string of the molecule is CC(C)(COc1cnc(-c2ccc(-c3ncc(C(F)(F)F)[nH]3)cc2)cn1)C(=O)O. The highest BCUT2D eigenvalue weighted by Crippen LogP contribution is 2.30. The Kier molecular flexibility index (Phi) is 5.27. The third kappa shape index (κ3) is 4.71. The number of nitrogens with one attached hydrogen (secondary N) is 1. The first kappa shape index (κ1) is 20.3. The molecule has 3 rings (SSSR count). The van der Waals surface area contributed by atoms with Crippen LogP contribution in [-0.2, 0) is 11.0 Å². The van der Waals surface area contributed by atoms with Crippen LogP contribution in [0.25, 0.3) is 22.6 Å². The molecule has 0 radical (unpaired) electrons. The van der Waals surface area contributed by atoms with E-state index in [2.05, 4.69) is 19.9 Å². The summed E-state index contributed by atoms with van der Waals surface area (Å²) < 4.78 is 43.4. The van der Waals surface area contributed by atoms with Crippen molar-refractivity contribution in [2.24, 2.45) is 5.41 Å². The summed E-state index contributed by atoms with van der Waals surface area (Å²) >= 11 is 0. The van der Waals surface area contributed by atoms with Crippen molar-refractivity contribution in [3.63, 3.8) is 0 Å². The minimum Gasteiger partial charge on any atom is -0.481 e. The zero-order valence-corrected chi connectivity index (χ0v) is 15.5. The van der Waals surface area contributed by atoms with Gasteiger partial charge in [0.25, 0.3) is 0 Å². The van der Waals surface area contributed by atoms with E-state index in [-0.39, 0.29) is 18.3 Å². The summed E-state index contributed by atoms with van der Waals surface area (Å²) in [5.74, 6) is -0.684. The van der Waals surface area contributed by atoms with Crippen LogP contribution in [0.4, 0.5) is 13.2 Å². The molecule has 29 heavy (non-hydrogen) atoms. The van der Waals surface area contributed by atoms with Gasteiger partial charge in [0.1, 0.15) is 18.1 Å². The molecular formula is C19H17F3N4O3. The fourth-order valence-electron chi connectivity index (χ4n) is 2.27. The van der Waals surface area contributed by atoms with E-state index in [1.807, 2.05) is 0 Å². The molecule has 2 N–H and O–H groups in total. The first-order valence-electron chi connectivity index (χ1n) is 8.47. The number of aromatic amines is 1. The molecule has 10 heteroatoms. The number of hydrogen-bond acceptors (Lipinski definition) is 5. The van der Waals surface area contributed by atoms with E-state index in [0.717, 1.165) is 6.20 Å². The number of aliphatic carboxylic acids is 1. The van der Waals surface area contributed by atoms with Crippen molar-refractivity contribution in [1.82, 2.24) is 19.9 Å². The van der Waals surface area contributed by atoms with Crippen LogP contribution in [0.5, 0.6) is 5.88 Å². The number of imidazole rings is 1. The van der Waals surface area contributed by atoms with Crippen molar-refractivity contribution in [3.8, 4) is 28.5 Å². The maximum absolute atomic E-state index is 12.7. The van der Waals surface area contributed by atoms with Crippen LogP contribution < -0.4 is 4.74 Å². The second-order valence-corrected chi connectivity index (χ2v) is 6.94. The zero-order valence-electron chi connectivity index (χ0n) is 15.5. The largest absolute Gasteiger partial charge is 0.481 e. The Morgan fingerprint density at radius 2 is 1.69 bits per heavy atom. The van der Waals surface area contributed by atoms with E-state index in [9.17, 15) is 18.0 Å². The Bertz CT molecular complexity index is 997. The molecule has 0 spiro atoms. The molecule has 0 saturated heterocycles. The lowest BCUT2D eigenvalue weighted by Gasteiger charge is -2.18. The predicted molar refractivity (Wildman–Crippen MR) is 97.0 cm³/mol. The molecule has 3 aromatic rings. The van der Waals surface area contributed by atoms with Crippen molar-refractivity contribution < 1.29 is 27.8 Å². The van der Waals surface area contributed by atoms with Gasteiger partial charge >= 0.3 is 12.1 Å². The topological polar surface area (TPSA) is 101 Å². The number of aromatic nitrogens is 4. The van der Waals surface area contributed by atoms with E-state index >= 15 is 0 Å². The highest BCUT2D eigenvalue weighted by Gasteiger charge is 2.33. The van der Waals surface area contributed by atoms with Crippen LogP contribution >= 0.6 is 0 Å². The molecule has 0 aliphatic carbocycles. The van der Waals surface area contributed by atoms with E-state index in [1.54, 1.807) is 24.3 Å². The number of rotatable bonds is 6. The van der Waals surface area contributed by atoms with Crippen molar-refractivity contribution in [3.05, 3.63) is 48.5 Å². The number of ether oxygens (including phenoxy) is 1. The molecule has 0 atom stereocenters. The molecule has 0 saturated carbocycles. The lowest BCUT2D eigenvalue weighted by Crippen LogP contribution is -2.30. The Hall–Kier alpha value is -3.43. The normalized spacial score (nSPS) is 12.0. The number of H-pyrrole nitrogens is 1. The number of carboxylic acids is 1. The predicted octanol–water partition coefficient (Wildman–Crippen LogP) is 4.04. The van der Waals surface area contributed by atoms with Gasteiger partial charge in [-0.15, -0.1) is 0 Å². The smallest absolute Gasteiger partial charge is 0.432 e. The van der Waals surface area contributed by atoms with Gasteiger partial charge in [-0.05, 0) is 13.8 Å². The summed E-state index contributed by atoms with van der Waals surface area (Å²) in [6.45, 7) is 3.01. The summed E-state index contributed by atoms with van der Waals surface area (Å²) in [7, 11) is 0. The molecule has 152 valence electrons. The van der Waals surface area contributed by atoms with Crippen LogP contribution in [-0.4, -0.2) is 37.6 Å². The zero-order chi connectivity index (χ0) is 21.2. The van der Waals surface area contributed by atoms with Gasteiger partial charge in [-0.2, -0.15) is 13.2 Å². The number of carboxylic acid groups (broad SMARTS) is 1. The maximum atomic E-state index is 12.7. The Morgan fingerprint density at radius 3 is 2.21 bits per heavy atom. The van der Waals surface area contributed by atoms with Gasteiger partial charge in [0.05, 0.1) is 29.7 Å². The summed E-state index contributed by atoms with van der Waals surface area (Å²) in [4.78, 5) is 25.4. The molecule has 0 bridgehead atoms. The second-order valence-electron chi connectivity index (χ2n) is 6.94. The monoisotopic (exact) mass is 406 g/mol. The van der Waals surface area contributed by atoms with Crippen molar-refractivity contribution in [1.29, 1.82) is 0 Å². The van der Waals surface area contributed by atoms with E-state index in [0.29, 0.717) is 16.8 Å². The summed E-state index contributed by atoms with van der Waals surface area (Å²) in [5, 5.41) is 9.08. The highest BCUT2D eigenvalue weighted by atomic mass is 19.4. The van der Waals surface area contributed by atoms with Crippen LogP contribution in [0.3, 0.4) is 0 Å². The van der Waals surface area contributed by atoms with Gasteiger partial charge < -0.3 is 14.8 Å². The number of benzene rings is 1. The Balaban J connectivity index is 1.70. The third-order valence-electron chi connectivity index (χ3n) is 4.12. The number of alkyl halides is 3. The molecule has 1 aromatic carbocycles. The number of hydrogen-bond donors (Lipinski definition) is 2. The highest BCUT2D eigenvalue weighted by molar-refractivity contribution is 5.73. The van der Waals surface area contributed by atoms with Gasteiger partial charge in [0, 0.05) is 11.1 Å². The third-order valence-corrected chi connectivity index (χ3v) is 4.12. The summed E-state index contributed by atoms with van der Waals surface area (Å²) in [6, 6.07) is 6.61. The molecular weight excluding hydrogens is 389 g/mol. The number of carbonyl (C=O) groups is 1. The maximum Gasteiger partial charge on any atom is 0.432 e. The van der Waals surface area contributed by atoms with Gasteiger partial charge in [0.15, 0.2) is 0 Å². The molecule has 7 nitrogen and oxygen atoms in total. The first-order chi connectivity index (χ1) is 13.6. The van der Waals surface area contributed by atoms with Crippen LogP contribution in [0.2, 0.25) is 0 Å².